The SMILES string of the molecule is CCCCOC(=O)CNC(CC)CCO. The summed E-state index contributed by atoms with van der Waals surface area (Å²) in [4.78, 5) is 11.2. The molecule has 0 amide bonds. The molecule has 0 saturated carbocycles. The van der Waals surface area contributed by atoms with Crippen LogP contribution in [0.2, 0.25) is 0 Å². The fourth-order valence-corrected chi connectivity index (χ4v) is 1.22. The van der Waals surface area contributed by atoms with Crippen LogP contribution in [0, 0.1) is 0 Å². The van der Waals surface area contributed by atoms with E-state index in [2.05, 4.69) is 12.2 Å². The number of hydrogen-bond donors (Lipinski definition) is 2. The summed E-state index contributed by atoms with van der Waals surface area (Å²) in [7, 11) is 0. The summed E-state index contributed by atoms with van der Waals surface area (Å²) < 4.78 is 4.99. The van der Waals surface area contributed by atoms with Crippen LogP contribution in [-0.4, -0.2) is 36.9 Å². The molecule has 0 aliphatic rings. The summed E-state index contributed by atoms with van der Waals surface area (Å²) in [5.74, 6) is -0.208. The number of carbonyl (C=O) groups is 1. The Kier molecular flexibility index (Phi) is 9.52. The van der Waals surface area contributed by atoms with Gasteiger partial charge in [0, 0.05) is 12.6 Å². The van der Waals surface area contributed by atoms with Crippen LogP contribution in [0.1, 0.15) is 39.5 Å². The van der Waals surface area contributed by atoms with E-state index in [0.717, 1.165) is 19.3 Å². The molecule has 2 N–H and O–H groups in total. The van der Waals surface area contributed by atoms with Gasteiger partial charge >= 0.3 is 5.97 Å². The summed E-state index contributed by atoms with van der Waals surface area (Å²) in [5.41, 5.74) is 0. The van der Waals surface area contributed by atoms with E-state index in [1.165, 1.54) is 0 Å². The molecular weight excluding hydrogens is 194 g/mol. The van der Waals surface area contributed by atoms with Gasteiger partial charge in [-0.25, -0.2) is 0 Å². The van der Waals surface area contributed by atoms with Crippen molar-refractivity contribution in [3.8, 4) is 0 Å². The van der Waals surface area contributed by atoms with E-state index in [1.54, 1.807) is 0 Å². The van der Waals surface area contributed by atoms with Gasteiger partial charge in [-0.1, -0.05) is 20.3 Å². The Hall–Kier alpha value is -0.610. The lowest BCUT2D eigenvalue weighted by atomic mass is 10.1. The number of unbranched alkanes of at least 4 members (excludes halogenated alkanes) is 1. The average Bonchev–Trinajstić information content (AvgIpc) is 2.24. The van der Waals surface area contributed by atoms with Gasteiger partial charge in [-0.15, -0.1) is 0 Å². The van der Waals surface area contributed by atoms with Gasteiger partial charge in [-0.05, 0) is 19.3 Å². The maximum absolute atomic E-state index is 11.2. The molecule has 90 valence electrons. The van der Waals surface area contributed by atoms with Crippen molar-refractivity contribution in [3.63, 3.8) is 0 Å². The van der Waals surface area contributed by atoms with Crippen LogP contribution in [0.4, 0.5) is 0 Å². The van der Waals surface area contributed by atoms with Gasteiger partial charge < -0.3 is 15.2 Å². The van der Waals surface area contributed by atoms with Gasteiger partial charge in [0.15, 0.2) is 0 Å². The van der Waals surface area contributed by atoms with Gasteiger partial charge in [0.05, 0.1) is 13.2 Å². The van der Waals surface area contributed by atoms with Crippen LogP contribution in [0.15, 0.2) is 0 Å². The quantitative estimate of drug-likeness (QED) is 0.448. The molecule has 0 rings (SSSR count). The minimum Gasteiger partial charge on any atom is -0.465 e. The maximum atomic E-state index is 11.2. The van der Waals surface area contributed by atoms with Crippen molar-refractivity contribution in [2.45, 2.75) is 45.6 Å². The van der Waals surface area contributed by atoms with E-state index < -0.39 is 0 Å². The summed E-state index contributed by atoms with van der Waals surface area (Å²) in [6.45, 7) is 4.97. The van der Waals surface area contributed by atoms with Crippen LogP contribution in [0.3, 0.4) is 0 Å². The standard InChI is InChI=1S/C11H23NO3/c1-3-5-8-15-11(14)9-12-10(4-2)6-7-13/h10,12-13H,3-9H2,1-2H3. The van der Waals surface area contributed by atoms with E-state index in [1.807, 2.05) is 6.92 Å². The zero-order chi connectivity index (χ0) is 11.5. The zero-order valence-electron chi connectivity index (χ0n) is 9.79. The van der Waals surface area contributed by atoms with Crippen LogP contribution in [-0.2, 0) is 9.53 Å². The maximum Gasteiger partial charge on any atom is 0.319 e. The lowest BCUT2D eigenvalue weighted by molar-refractivity contribution is -0.142. The molecule has 4 heteroatoms. The molecule has 0 bridgehead atoms. The number of aliphatic hydroxyl groups excluding tert-OH is 1. The Morgan fingerprint density at radius 3 is 2.73 bits per heavy atom. The molecule has 0 fully saturated rings. The van der Waals surface area contributed by atoms with Gasteiger partial charge in [0.1, 0.15) is 0 Å². The molecule has 0 aromatic heterocycles. The molecular formula is C11H23NO3. The van der Waals surface area contributed by atoms with E-state index in [-0.39, 0.29) is 25.2 Å². The smallest absolute Gasteiger partial charge is 0.319 e. The monoisotopic (exact) mass is 217 g/mol. The predicted molar refractivity (Wildman–Crippen MR) is 59.7 cm³/mol. The molecule has 1 unspecified atom stereocenters. The lowest BCUT2D eigenvalue weighted by Crippen LogP contribution is -2.34. The largest absolute Gasteiger partial charge is 0.465 e. The van der Waals surface area contributed by atoms with Crippen LogP contribution in [0.5, 0.6) is 0 Å². The Morgan fingerprint density at radius 1 is 1.47 bits per heavy atom. The van der Waals surface area contributed by atoms with Crippen molar-refractivity contribution in [1.29, 1.82) is 0 Å². The molecule has 15 heavy (non-hydrogen) atoms. The first-order valence-electron chi connectivity index (χ1n) is 5.74. The zero-order valence-corrected chi connectivity index (χ0v) is 9.79. The first kappa shape index (κ1) is 14.4. The third-order valence-electron chi connectivity index (χ3n) is 2.27. The molecule has 0 aromatic rings. The van der Waals surface area contributed by atoms with Crippen molar-refractivity contribution in [2.24, 2.45) is 0 Å². The number of carbonyl (C=O) groups excluding carboxylic acids is 1. The lowest BCUT2D eigenvalue weighted by Gasteiger charge is -2.14. The van der Waals surface area contributed by atoms with Gasteiger partial charge in [-0.2, -0.15) is 0 Å². The highest BCUT2D eigenvalue weighted by Crippen LogP contribution is 1.96. The van der Waals surface area contributed by atoms with E-state index >= 15 is 0 Å². The van der Waals surface area contributed by atoms with Crippen LogP contribution >= 0.6 is 0 Å². The third-order valence-corrected chi connectivity index (χ3v) is 2.27. The number of aliphatic hydroxyl groups is 1. The van der Waals surface area contributed by atoms with Crippen molar-refractivity contribution in [2.75, 3.05) is 19.8 Å². The minimum absolute atomic E-state index is 0.149. The highest BCUT2D eigenvalue weighted by molar-refractivity contribution is 5.71. The second-order valence-electron chi connectivity index (χ2n) is 3.57. The van der Waals surface area contributed by atoms with Crippen molar-refractivity contribution >= 4 is 5.97 Å². The fourth-order valence-electron chi connectivity index (χ4n) is 1.22. The van der Waals surface area contributed by atoms with Crippen LogP contribution in [0.25, 0.3) is 0 Å². The normalized spacial score (nSPS) is 12.5. The summed E-state index contributed by atoms with van der Waals surface area (Å²) in [5, 5.41) is 11.8. The number of ether oxygens (including phenoxy) is 1. The average molecular weight is 217 g/mol. The molecule has 0 radical (unpaired) electrons. The number of esters is 1. The topological polar surface area (TPSA) is 58.6 Å². The number of nitrogens with one attached hydrogen (secondary N) is 1. The van der Waals surface area contributed by atoms with Gasteiger partial charge in [-0.3, -0.25) is 4.79 Å². The Labute approximate surface area is 92.0 Å². The molecule has 4 nitrogen and oxygen atoms in total. The molecule has 0 heterocycles. The molecule has 0 aliphatic heterocycles. The second kappa shape index (κ2) is 9.93. The van der Waals surface area contributed by atoms with Crippen molar-refractivity contribution < 1.29 is 14.6 Å². The molecule has 1 atom stereocenters. The molecule has 0 saturated heterocycles. The van der Waals surface area contributed by atoms with Crippen molar-refractivity contribution in [3.05, 3.63) is 0 Å². The second-order valence-corrected chi connectivity index (χ2v) is 3.57. The Morgan fingerprint density at radius 2 is 2.20 bits per heavy atom. The third kappa shape index (κ3) is 8.39. The number of rotatable bonds is 9. The van der Waals surface area contributed by atoms with Gasteiger partial charge in [0.25, 0.3) is 0 Å². The highest BCUT2D eigenvalue weighted by Gasteiger charge is 2.08. The first-order valence-corrected chi connectivity index (χ1v) is 5.74. The van der Waals surface area contributed by atoms with E-state index in [0.29, 0.717) is 13.0 Å². The Balaban J connectivity index is 3.50. The molecule has 0 spiro atoms. The fraction of sp³-hybridized carbons (Fsp3) is 0.909. The minimum atomic E-state index is -0.208. The Bertz CT molecular complexity index is 162. The van der Waals surface area contributed by atoms with Crippen LogP contribution < -0.4 is 5.32 Å². The highest BCUT2D eigenvalue weighted by atomic mass is 16.5. The molecule has 0 aromatic carbocycles. The number of hydrogen-bond acceptors (Lipinski definition) is 4. The van der Waals surface area contributed by atoms with E-state index in [9.17, 15) is 4.79 Å². The summed E-state index contributed by atoms with van der Waals surface area (Å²) in [6, 6.07) is 0.203. The van der Waals surface area contributed by atoms with Crippen molar-refractivity contribution in [1.82, 2.24) is 5.32 Å². The van der Waals surface area contributed by atoms with Gasteiger partial charge in [0.2, 0.25) is 0 Å². The predicted octanol–water partition coefficient (Wildman–Crippen LogP) is 1.08. The summed E-state index contributed by atoms with van der Waals surface area (Å²) >= 11 is 0. The summed E-state index contributed by atoms with van der Waals surface area (Å²) in [6.07, 6.45) is 3.53. The first-order chi connectivity index (χ1) is 7.24. The molecule has 0 aliphatic carbocycles. The van der Waals surface area contributed by atoms with E-state index in [4.69, 9.17) is 9.84 Å².